The average Bonchev–Trinajstić information content (AvgIpc) is 2.50. The molecular weight excluding hydrogens is 342 g/mol. The lowest BCUT2D eigenvalue weighted by Crippen LogP contribution is -2.16. The summed E-state index contributed by atoms with van der Waals surface area (Å²) in [5.41, 5.74) is 6.21. The summed E-state index contributed by atoms with van der Waals surface area (Å²) in [5.74, 6) is -1.12. The lowest BCUT2D eigenvalue weighted by atomic mass is 10.2. The topological polar surface area (TPSA) is 80.9 Å². The van der Waals surface area contributed by atoms with Gasteiger partial charge in [0.2, 0.25) is 5.82 Å². The number of hydrogen-bond acceptors (Lipinski definition) is 4. The van der Waals surface area contributed by atoms with Crippen LogP contribution in [0.1, 0.15) is 10.6 Å². The van der Waals surface area contributed by atoms with E-state index in [4.69, 9.17) is 28.9 Å². The highest BCUT2D eigenvalue weighted by Gasteiger charge is 2.12. The number of aromatic nitrogens is 2. The Bertz CT molecular complexity index is 933. The van der Waals surface area contributed by atoms with Crippen LogP contribution in [0, 0.1) is 5.82 Å². The Morgan fingerprint density at radius 3 is 2.61 bits per heavy atom. The first-order chi connectivity index (χ1) is 10.9. The van der Waals surface area contributed by atoms with Crippen molar-refractivity contribution in [2.24, 2.45) is 5.73 Å². The smallest absolute Gasteiger partial charge is 0.286 e. The minimum absolute atomic E-state index is 0.0356. The predicted octanol–water partition coefficient (Wildman–Crippen LogP) is 3.92. The highest BCUT2D eigenvalue weighted by atomic mass is 35.5. The highest BCUT2D eigenvalue weighted by Crippen LogP contribution is 2.28. The summed E-state index contributed by atoms with van der Waals surface area (Å²) < 4.78 is 13.2. The van der Waals surface area contributed by atoms with Crippen molar-refractivity contribution in [3.63, 3.8) is 0 Å². The molecule has 0 radical (unpaired) electrons. The van der Waals surface area contributed by atoms with Gasteiger partial charge in [-0.3, -0.25) is 4.79 Å². The first-order valence-corrected chi connectivity index (χ1v) is 7.19. The van der Waals surface area contributed by atoms with Crippen molar-refractivity contribution in [3.05, 3.63) is 58.1 Å². The molecule has 3 aromatic rings. The van der Waals surface area contributed by atoms with Gasteiger partial charge in [0.25, 0.3) is 5.91 Å². The molecule has 23 heavy (non-hydrogen) atoms. The van der Waals surface area contributed by atoms with Crippen molar-refractivity contribution in [1.82, 2.24) is 9.97 Å². The third kappa shape index (κ3) is 3.18. The average molecular weight is 351 g/mol. The minimum Gasteiger partial charge on any atom is -0.363 e. The fourth-order valence-corrected chi connectivity index (χ4v) is 2.37. The van der Waals surface area contributed by atoms with Crippen LogP contribution in [0.3, 0.4) is 0 Å². The van der Waals surface area contributed by atoms with Gasteiger partial charge < -0.3 is 11.1 Å². The number of carbonyl (C=O) groups is 1. The first-order valence-electron chi connectivity index (χ1n) is 6.43. The second kappa shape index (κ2) is 5.98. The summed E-state index contributed by atoms with van der Waals surface area (Å²) in [6.07, 6.45) is 0. The molecule has 3 N–H and O–H groups in total. The second-order valence-electron chi connectivity index (χ2n) is 4.68. The van der Waals surface area contributed by atoms with E-state index in [0.717, 1.165) is 0 Å². The van der Waals surface area contributed by atoms with E-state index in [0.29, 0.717) is 27.4 Å². The SMILES string of the molecule is NC(=O)c1nc(Nc2ccc(F)c(Cl)c2)c2ccc(Cl)cc2n1. The van der Waals surface area contributed by atoms with Gasteiger partial charge in [-0.15, -0.1) is 0 Å². The Labute approximate surface area is 140 Å². The van der Waals surface area contributed by atoms with Gasteiger partial charge in [-0.25, -0.2) is 14.4 Å². The van der Waals surface area contributed by atoms with Crippen LogP contribution in [0.15, 0.2) is 36.4 Å². The standard InChI is InChI=1S/C15H9Cl2FN4O/c16-7-1-3-9-12(5-7)21-15(13(19)23)22-14(9)20-8-2-4-11(18)10(17)6-8/h1-6H,(H2,19,23)(H,20,21,22). The van der Waals surface area contributed by atoms with E-state index in [-0.39, 0.29) is 10.8 Å². The number of fused-ring (bicyclic) bond motifs is 1. The van der Waals surface area contributed by atoms with Gasteiger partial charge in [0.05, 0.1) is 10.5 Å². The number of amides is 1. The van der Waals surface area contributed by atoms with E-state index in [2.05, 4.69) is 15.3 Å². The van der Waals surface area contributed by atoms with Gasteiger partial charge in [0.15, 0.2) is 0 Å². The molecule has 0 fully saturated rings. The number of halogens is 3. The summed E-state index contributed by atoms with van der Waals surface area (Å²) in [6, 6.07) is 9.09. The van der Waals surface area contributed by atoms with E-state index < -0.39 is 11.7 Å². The largest absolute Gasteiger partial charge is 0.363 e. The molecule has 3 rings (SSSR count). The Morgan fingerprint density at radius 1 is 1.13 bits per heavy atom. The molecule has 0 aliphatic heterocycles. The zero-order valence-corrected chi connectivity index (χ0v) is 13.0. The highest BCUT2D eigenvalue weighted by molar-refractivity contribution is 6.31. The quantitative estimate of drug-likeness (QED) is 0.750. The minimum atomic E-state index is -0.771. The van der Waals surface area contributed by atoms with Crippen LogP contribution in [-0.4, -0.2) is 15.9 Å². The Hall–Kier alpha value is -2.44. The van der Waals surface area contributed by atoms with Gasteiger partial charge in [0, 0.05) is 16.1 Å². The maximum absolute atomic E-state index is 13.2. The van der Waals surface area contributed by atoms with Crippen molar-refractivity contribution in [2.75, 3.05) is 5.32 Å². The van der Waals surface area contributed by atoms with E-state index >= 15 is 0 Å². The molecule has 116 valence electrons. The number of nitrogens with zero attached hydrogens (tertiary/aromatic N) is 2. The molecule has 0 aliphatic rings. The number of anilines is 2. The molecule has 1 amide bonds. The molecule has 1 aromatic heterocycles. The van der Waals surface area contributed by atoms with Gasteiger partial charge in [-0.2, -0.15) is 0 Å². The maximum Gasteiger partial charge on any atom is 0.286 e. The summed E-state index contributed by atoms with van der Waals surface area (Å²) in [4.78, 5) is 19.6. The Kier molecular flexibility index (Phi) is 4.02. The van der Waals surface area contributed by atoms with E-state index in [1.165, 1.54) is 18.2 Å². The molecule has 0 aliphatic carbocycles. The van der Waals surface area contributed by atoms with E-state index in [1.807, 2.05) is 0 Å². The molecule has 0 unspecified atom stereocenters. The third-order valence-corrected chi connectivity index (χ3v) is 3.59. The lowest BCUT2D eigenvalue weighted by Gasteiger charge is -2.10. The van der Waals surface area contributed by atoms with Crippen LogP contribution >= 0.6 is 23.2 Å². The van der Waals surface area contributed by atoms with Crippen LogP contribution < -0.4 is 11.1 Å². The summed E-state index contributed by atoms with van der Waals surface area (Å²) in [5, 5.41) is 4.03. The molecule has 0 bridgehead atoms. The van der Waals surface area contributed by atoms with Crippen molar-refractivity contribution in [3.8, 4) is 0 Å². The summed E-state index contributed by atoms with van der Waals surface area (Å²) in [7, 11) is 0. The molecule has 2 aromatic carbocycles. The van der Waals surface area contributed by atoms with Gasteiger partial charge >= 0.3 is 0 Å². The monoisotopic (exact) mass is 350 g/mol. The van der Waals surface area contributed by atoms with Crippen LogP contribution in [0.4, 0.5) is 15.9 Å². The molecule has 0 saturated heterocycles. The van der Waals surface area contributed by atoms with Gasteiger partial charge in [-0.1, -0.05) is 23.2 Å². The number of hydrogen-bond donors (Lipinski definition) is 2. The fraction of sp³-hybridized carbons (Fsp3) is 0. The summed E-state index contributed by atoms with van der Waals surface area (Å²) in [6.45, 7) is 0. The Morgan fingerprint density at radius 2 is 1.91 bits per heavy atom. The molecular formula is C15H9Cl2FN4O. The molecule has 0 spiro atoms. The van der Waals surface area contributed by atoms with Crippen LogP contribution in [0.25, 0.3) is 10.9 Å². The zero-order valence-electron chi connectivity index (χ0n) is 11.5. The maximum atomic E-state index is 13.2. The zero-order chi connectivity index (χ0) is 16.6. The summed E-state index contributed by atoms with van der Waals surface area (Å²) >= 11 is 11.7. The van der Waals surface area contributed by atoms with E-state index in [9.17, 15) is 9.18 Å². The van der Waals surface area contributed by atoms with Crippen LogP contribution in [0.2, 0.25) is 10.0 Å². The Balaban J connectivity index is 2.14. The third-order valence-electron chi connectivity index (χ3n) is 3.06. The lowest BCUT2D eigenvalue weighted by molar-refractivity contribution is 0.0991. The van der Waals surface area contributed by atoms with Crippen molar-refractivity contribution in [1.29, 1.82) is 0 Å². The predicted molar refractivity (Wildman–Crippen MR) is 87.8 cm³/mol. The molecule has 5 nitrogen and oxygen atoms in total. The molecule has 8 heteroatoms. The number of carbonyl (C=O) groups excluding carboxylic acids is 1. The normalized spacial score (nSPS) is 10.7. The van der Waals surface area contributed by atoms with Crippen LogP contribution in [-0.2, 0) is 0 Å². The van der Waals surface area contributed by atoms with E-state index in [1.54, 1.807) is 18.2 Å². The van der Waals surface area contributed by atoms with Crippen LogP contribution in [0.5, 0.6) is 0 Å². The van der Waals surface area contributed by atoms with Gasteiger partial charge in [0.1, 0.15) is 11.6 Å². The number of nitrogens with two attached hydrogens (primary N) is 1. The van der Waals surface area contributed by atoms with Crippen molar-refractivity contribution >= 4 is 51.5 Å². The fourth-order valence-electron chi connectivity index (χ4n) is 2.02. The first kappa shape index (κ1) is 15.5. The molecule has 1 heterocycles. The number of nitrogens with one attached hydrogen (secondary N) is 1. The van der Waals surface area contributed by atoms with Crippen molar-refractivity contribution in [2.45, 2.75) is 0 Å². The number of primary amides is 1. The number of rotatable bonds is 3. The van der Waals surface area contributed by atoms with Crippen molar-refractivity contribution < 1.29 is 9.18 Å². The molecule has 0 saturated carbocycles. The number of benzene rings is 2. The second-order valence-corrected chi connectivity index (χ2v) is 5.52. The van der Waals surface area contributed by atoms with Gasteiger partial charge in [-0.05, 0) is 36.4 Å². The molecule has 0 atom stereocenters.